The first-order chi connectivity index (χ1) is 25.3. The molecule has 0 unspecified atom stereocenters. The fourth-order valence-electron chi connectivity index (χ4n) is 8.25. The number of hydrogen-bond donors (Lipinski definition) is 0. The van der Waals surface area contributed by atoms with Crippen molar-refractivity contribution in [1.82, 2.24) is 14.5 Å². The summed E-state index contributed by atoms with van der Waals surface area (Å²) in [6.45, 7) is 0. The van der Waals surface area contributed by atoms with Crippen LogP contribution in [0.3, 0.4) is 0 Å². The number of rotatable bonds is 4. The quantitative estimate of drug-likeness (QED) is 0.141. The molecule has 11 aromatic rings. The van der Waals surface area contributed by atoms with Gasteiger partial charge in [-0.2, -0.15) is 0 Å². The standard InChI is InChI=1S/C48H29N3/c1-3-13-30(14-4-1)32-17-11-18-35(27-32)51-43-24-12-22-38-36-19-7-8-20-37(36)41-28-33-25-26-34(29-40(33)47(51)45(41)44(38)43)48-49-42-23-10-9-21-39(42)46(50-48)31-15-5-2-6-16-31/h1-29H. The van der Waals surface area contributed by atoms with Gasteiger partial charge in [-0.15, -0.1) is 0 Å². The maximum atomic E-state index is 5.25. The zero-order valence-corrected chi connectivity index (χ0v) is 27.6. The Hall–Kier alpha value is -6.84. The Morgan fingerprint density at radius 3 is 1.86 bits per heavy atom. The van der Waals surface area contributed by atoms with Gasteiger partial charge in [0.25, 0.3) is 0 Å². The largest absolute Gasteiger partial charge is 0.309 e. The fraction of sp³-hybridized carbons (Fsp3) is 0. The number of nitrogens with zero attached hydrogens (tertiary/aromatic N) is 3. The lowest BCUT2D eigenvalue weighted by molar-refractivity contribution is 1.19. The normalized spacial score (nSPS) is 11.9. The van der Waals surface area contributed by atoms with Crippen LogP contribution in [0.5, 0.6) is 0 Å². The molecular formula is C48H29N3. The third-order valence-electron chi connectivity index (χ3n) is 10.5. The number of hydrogen-bond acceptors (Lipinski definition) is 2. The van der Waals surface area contributed by atoms with Crippen LogP contribution in [-0.4, -0.2) is 14.5 Å². The average molecular weight is 648 g/mol. The van der Waals surface area contributed by atoms with Crippen molar-refractivity contribution < 1.29 is 0 Å². The highest BCUT2D eigenvalue weighted by molar-refractivity contribution is 6.38. The molecule has 9 aromatic carbocycles. The SMILES string of the molecule is c1ccc(-c2cccc(-n3c4cccc5c6ccccc6c6cc7ccc(-c8nc(-c9ccccc9)c9ccccc9n8)cc7c3c6c54)c2)cc1. The molecule has 2 heterocycles. The third-order valence-corrected chi connectivity index (χ3v) is 10.5. The summed E-state index contributed by atoms with van der Waals surface area (Å²) < 4.78 is 2.48. The van der Waals surface area contributed by atoms with E-state index < -0.39 is 0 Å². The average Bonchev–Trinajstić information content (AvgIpc) is 3.57. The molecule has 0 radical (unpaired) electrons. The first-order valence-corrected chi connectivity index (χ1v) is 17.4. The lowest BCUT2D eigenvalue weighted by Crippen LogP contribution is -1.97. The molecular weight excluding hydrogens is 619 g/mol. The highest BCUT2D eigenvalue weighted by Crippen LogP contribution is 2.47. The first kappa shape index (κ1) is 28.0. The molecule has 0 N–H and O–H groups in total. The zero-order chi connectivity index (χ0) is 33.5. The van der Waals surface area contributed by atoms with Crippen LogP contribution in [0.25, 0.3) is 104 Å². The van der Waals surface area contributed by atoms with E-state index in [2.05, 4.69) is 174 Å². The van der Waals surface area contributed by atoms with Crippen LogP contribution in [0, 0.1) is 0 Å². The Kier molecular flexibility index (Phi) is 5.96. The molecule has 0 fully saturated rings. The predicted molar refractivity (Wildman–Crippen MR) is 214 cm³/mol. The lowest BCUT2D eigenvalue weighted by atomic mass is 9.92. The van der Waals surface area contributed by atoms with E-state index in [0.717, 1.165) is 39.2 Å². The Balaban J connectivity index is 1.26. The summed E-state index contributed by atoms with van der Waals surface area (Å²) in [4.78, 5) is 10.4. The Bertz CT molecular complexity index is 3120. The minimum absolute atomic E-state index is 0.721. The molecule has 0 aliphatic rings. The van der Waals surface area contributed by atoms with E-state index in [0.29, 0.717) is 0 Å². The second kappa shape index (κ2) is 10.8. The van der Waals surface area contributed by atoms with E-state index in [1.807, 2.05) is 6.07 Å². The summed E-state index contributed by atoms with van der Waals surface area (Å²) in [6, 6.07) is 63.1. The van der Waals surface area contributed by atoms with Crippen molar-refractivity contribution >= 4 is 65.0 Å². The van der Waals surface area contributed by atoms with Gasteiger partial charge in [0.2, 0.25) is 0 Å². The second-order valence-corrected chi connectivity index (χ2v) is 13.4. The molecule has 0 saturated carbocycles. The number of aromatic nitrogens is 3. The topological polar surface area (TPSA) is 30.7 Å². The minimum Gasteiger partial charge on any atom is -0.309 e. The Morgan fingerprint density at radius 2 is 1.04 bits per heavy atom. The van der Waals surface area contributed by atoms with E-state index in [1.165, 1.54) is 65.3 Å². The maximum Gasteiger partial charge on any atom is 0.160 e. The van der Waals surface area contributed by atoms with E-state index in [4.69, 9.17) is 9.97 Å². The van der Waals surface area contributed by atoms with Gasteiger partial charge in [-0.25, -0.2) is 9.97 Å². The first-order valence-electron chi connectivity index (χ1n) is 17.4. The molecule has 0 saturated heterocycles. The minimum atomic E-state index is 0.721. The van der Waals surface area contributed by atoms with Crippen LogP contribution in [0.4, 0.5) is 0 Å². The van der Waals surface area contributed by atoms with E-state index in [-0.39, 0.29) is 0 Å². The summed E-state index contributed by atoms with van der Waals surface area (Å²) in [5.74, 6) is 0.721. The molecule has 0 spiro atoms. The number of benzene rings is 9. The van der Waals surface area contributed by atoms with Crippen LogP contribution < -0.4 is 0 Å². The van der Waals surface area contributed by atoms with Crippen molar-refractivity contribution in [2.45, 2.75) is 0 Å². The smallest absolute Gasteiger partial charge is 0.160 e. The summed E-state index contributed by atoms with van der Waals surface area (Å²) in [5.41, 5.74) is 9.89. The zero-order valence-electron chi connectivity index (χ0n) is 27.6. The van der Waals surface area contributed by atoms with Crippen molar-refractivity contribution in [3.05, 3.63) is 176 Å². The molecule has 3 heteroatoms. The van der Waals surface area contributed by atoms with Gasteiger partial charge >= 0.3 is 0 Å². The molecule has 0 aliphatic heterocycles. The summed E-state index contributed by atoms with van der Waals surface area (Å²) >= 11 is 0. The molecule has 0 amide bonds. The third kappa shape index (κ3) is 4.19. The molecule has 11 rings (SSSR count). The number of fused-ring (bicyclic) bond motifs is 6. The number of para-hydroxylation sites is 1. The lowest BCUT2D eigenvalue weighted by Gasteiger charge is -2.14. The molecule has 0 atom stereocenters. The molecule has 3 nitrogen and oxygen atoms in total. The monoisotopic (exact) mass is 647 g/mol. The summed E-state index contributed by atoms with van der Waals surface area (Å²) in [7, 11) is 0. The maximum absolute atomic E-state index is 5.25. The summed E-state index contributed by atoms with van der Waals surface area (Å²) in [5, 5.41) is 11.1. The highest BCUT2D eigenvalue weighted by Gasteiger charge is 2.23. The van der Waals surface area contributed by atoms with Crippen LogP contribution >= 0.6 is 0 Å². The van der Waals surface area contributed by atoms with E-state index >= 15 is 0 Å². The van der Waals surface area contributed by atoms with Crippen molar-refractivity contribution in [3.63, 3.8) is 0 Å². The Morgan fingerprint density at radius 1 is 0.373 bits per heavy atom. The van der Waals surface area contributed by atoms with Gasteiger partial charge in [-0.05, 0) is 74.5 Å². The van der Waals surface area contributed by atoms with Crippen molar-refractivity contribution in [2.75, 3.05) is 0 Å². The van der Waals surface area contributed by atoms with Crippen LogP contribution in [0.2, 0.25) is 0 Å². The van der Waals surface area contributed by atoms with E-state index in [1.54, 1.807) is 0 Å². The molecule has 0 aliphatic carbocycles. The molecule has 2 aromatic heterocycles. The van der Waals surface area contributed by atoms with Crippen LogP contribution in [0.15, 0.2) is 176 Å². The van der Waals surface area contributed by atoms with Gasteiger partial charge in [-0.1, -0.05) is 140 Å². The fourth-order valence-corrected chi connectivity index (χ4v) is 8.25. The van der Waals surface area contributed by atoms with E-state index in [9.17, 15) is 0 Å². The van der Waals surface area contributed by atoms with Gasteiger partial charge < -0.3 is 4.57 Å². The Labute approximate surface area is 294 Å². The van der Waals surface area contributed by atoms with Crippen LogP contribution in [-0.2, 0) is 0 Å². The van der Waals surface area contributed by atoms with Gasteiger partial charge in [0.1, 0.15) is 0 Å². The molecule has 236 valence electrons. The van der Waals surface area contributed by atoms with Gasteiger partial charge in [0, 0.05) is 38.4 Å². The molecule has 0 bridgehead atoms. The highest BCUT2D eigenvalue weighted by atomic mass is 15.0. The van der Waals surface area contributed by atoms with Gasteiger partial charge in [0.15, 0.2) is 5.82 Å². The second-order valence-electron chi connectivity index (χ2n) is 13.4. The molecule has 51 heavy (non-hydrogen) atoms. The predicted octanol–water partition coefficient (Wildman–Crippen LogP) is 12.6. The van der Waals surface area contributed by atoms with Crippen molar-refractivity contribution in [3.8, 4) is 39.5 Å². The van der Waals surface area contributed by atoms with Crippen molar-refractivity contribution in [1.29, 1.82) is 0 Å². The van der Waals surface area contributed by atoms with Gasteiger partial charge in [-0.3, -0.25) is 0 Å². The summed E-state index contributed by atoms with van der Waals surface area (Å²) in [6.07, 6.45) is 0. The van der Waals surface area contributed by atoms with Crippen LogP contribution in [0.1, 0.15) is 0 Å². The van der Waals surface area contributed by atoms with Gasteiger partial charge in [0.05, 0.1) is 22.2 Å². The van der Waals surface area contributed by atoms with Crippen molar-refractivity contribution in [2.24, 2.45) is 0 Å².